The zero-order chi connectivity index (χ0) is 16.2. The number of hydrogen-bond acceptors (Lipinski definition) is 3. The van der Waals surface area contributed by atoms with Gasteiger partial charge in [0, 0.05) is 37.2 Å². The van der Waals surface area contributed by atoms with E-state index in [4.69, 9.17) is 9.47 Å². The smallest absolute Gasteiger partial charge is 0.308 e. The van der Waals surface area contributed by atoms with E-state index in [1.54, 1.807) is 6.07 Å². The number of ether oxygens (including phenoxy) is 2. The first-order valence-electron chi connectivity index (χ1n) is 7.65. The Hall–Kier alpha value is -2.75. The molecule has 2 aromatic carbocycles. The Balaban J connectivity index is 1.96. The van der Waals surface area contributed by atoms with Crippen molar-refractivity contribution in [3.8, 4) is 11.5 Å². The van der Waals surface area contributed by atoms with Crippen LogP contribution in [0.3, 0.4) is 0 Å². The van der Waals surface area contributed by atoms with E-state index in [1.165, 1.54) is 6.92 Å². The number of fused-ring (bicyclic) bond motifs is 1. The Bertz CT molecular complexity index is 821. The lowest BCUT2D eigenvalue weighted by Crippen LogP contribution is -2.03. The maximum Gasteiger partial charge on any atom is 0.308 e. The average Bonchev–Trinajstić information content (AvgIpc) is 2.96. The number of nitrogens with zero attached hydrogens (tertiary/aromatic N) is 1. The highest BCUT2D eigenvalue weighted by molar-refractivity contribution is 5.88. The first-order chi connectivity index (χ1) is 11.2. The van der Waals surface area contributed by atoms with Gasteiger partial charge in [0.1, 0.15) is 18.1 Å². The lowest BCUT2D eigenvalue weighted by Gasteiger charge is -2.11. The summed E-state index contributed by atoms with van der Waals surface area (Å²) in [6.07, 6.45) is 2.01. The Labute approximate surface area is 135 Å². The van der Waals surface area contributed by atoms with E-state index in [0.29, 0.717) is 12.4 Å². The molecule has 4 heteroatoms. The van der Waals surface area contributed by atoms with E-state index in [2.05, 4.69) is 11.5 Å². The van der Waals surface area contributed by atoms with E-state index in [0.717, 1.165) is 28.8 Å². The number of aryl methyl sites for hydroxylation is 1. The van der Waals surface area contributed by atoms with Gasteiger partial charge in [-0.05, 0) is 18.6 Å². The molecule has 0 radical (unpaired) electrons. The summed E-state index contributed by atoms with van der Waals surface area (Å²) in [6, 6.07) is 15.6. The summed E-state index contributed by atoms with van der Waals surface area (Å²) in [6.45, 7) is 4.78. The molecule has 0 bridgehead atoms. The molecule has 0 fully saturated rings. The van der Waals surface area contributed by atoms with Crippen LogP contribution in [0, 0.1) is 0 Å². The molecule has 0 atom stereocenters. The van der Waals surface area contributed by atoms with Gasteiger partial charge in [-0.1, -0.05) is 30.3 Å². The molecule has 3 rings (SSSR count). The number of hydrogen-bond donors (Lipinski definition) is 0. The van der Waals surface area contributed by atoms with Crippen LogP contribution in [0.1, 0.15) is 19.4 Å². The third kappa shape index (κ3) is 3.37. The molecule has 0 saturated heterocycles. The van der Waals surface area contributed by atoms with Crippen molar-refractivity contribution in [2.24, 2.45) is 0 Å². The Morgan fingerprint density at radius 3 is 2.61 bits per heavy atom. The minimum atomic E-state index is -0.340. The molecular formula is C19H19NO3. The van der Waals surface area contributed by atoms with Crippen LogP contribution in [0.15, 0.2) is 54.7 Å². The van der Waals surface area contributed by atoms with Gasteiger partial charge in [-0.15, -0.1) is 0 Å². The van der Waals surface area contributed by atoms with Gasteiger partial charge in [0.2, 0.25) is 0 Å². The van der Waals surface area contributed by atoms with Gasteiger partial charge in [-0.2, -0.15) is 0 Å². The lowest BCUT2D eigenvalue weighted by molar-refractivity contribution is -0.131. The van der Waals surface area contributed by atoms with E-state index in [9.17, 15) is 4.79 Å². The molecule has 0 saturated carbocycles. The highest BCUT2D eigenvalue weighted by Crippen LogP contribution is 2.33. The van der Waals surface area contributed by atoms with Crippen LogP contribution in [-0.2, 0) is 17.9 Å². The predicted octanol–water partition coefficient (Wildman–Crippen LogP) is 4.17. The van der Waals surface area contributed by atoms with Crippen molar-refractivity contribution in [2.45, 2.75) is 27.0 Å². The maximum atomic E-state index is 11.3. The second kappa shape index (κ2) is 6.57. The van der Waals surface area contributed by atoms with Gasteiger partial charge < -0.3 is 14.0 Å². The minimum absolute atomic E-state index is 0.340. The van der Waals surface area contributed by atoms with Crippen LogP contribution in [0.25, 0.3) is 10.9 Å². The van der Waals surface area contributed by atoms with Gasteiger partial charge >= 0.3 is 5.97 Å². The summed E-state index contributed by atoms with van der Waals surface area (Å²) >= 11 is 0. The molecule has 0 N–H and O–H groups in total. The molecule has 0 aliphatic carbocycles. The van der Waals surface area contributed by atoms with Crippen LogP contribution in [-0.4, -0.2) is 10.5 Å². The van der Waals surface area contributed by atoms with Gasteiger partial charge in [0.15, 0.2) is 0 Å². The highest BCUT2D eigenvalue weighted by atomic mass is 16.5. The van der Waals surface area contributed by atoms with Crippen LogP contribution >= 0.6 is 0 Å². The summed E-state index contributed by atoms with van der Waals surface area (Å²) in [5.41, 5.74) is 2.09. The first kappa shape index (κ1) is 15.2. The van der Waals surface area contributed by atoms with Crippen molar-refractivity contribution in [3.63, 3.8) is 0 Å². The predicted molar refractivity (Wildman–Crippen MR) is 89.7 cm³/mol. The number of aromatic nitrogens is 1. The SMILES string of the molecule is CCn1ccc2c(OCc3ccccc3)cc(OC(C)=O)cc21. The topological polar surface area (TPSA) is 40.5 Å². The molecule has 1 aromatic heterocycles. The van der Waals surface area contributed by atoms with Crippen molar-refractivity contribution < 1.29 is 14.3 Å². The molecule has 0 unspecified atom stereocenters. The van der Waals surface area contributed by atoms with Gasteiger partial charge in [-0.3, -0.25) is 4.79 Å². The number of rotatable bonds is 5. The summed E-state index contributed by atoms with van der Waals surface area (Å²) in [7, 11) is 0. The second-order valence-electron chi connectivity index (χ2n) is 5.32. The molecule has 0 spiro atoms. The fraction of sp³-hybridized carbons (Fsp3) is 0.211. The fourth-order valence-electron chi connectivity index (χ4n) is 2.59. The Morgan fingerprint density at radius 1 is 1.13 bits per heavy atom. The molecule has 1 heterocycles. The second-order valence-corrected chi connectivity index (χ2v) is 5.32. The Kier molecular flexibility index (Phi) is 4.33. The average molecular weight is 309 g/mol. The van der Waals surface area contributed by atoms with Crippen molar-refractivity contribution in [1.29, 1.82) is 0 Å². The molecular weight excluding hydrogens is 290 g/mol. The van der Waals surface area contributed by atoms with Gasteiger partial charge in [0.05, 0.1) is 5.52 Å². The molecule has 23 heavy (non-hydrogen) atoms. The van der Waals surface area contributed by atoms with Crippen LogP contribution in [0.2, 0.25) is 0 Å². The molecule has 0 aliphatic heterocycles. The maximum absolute atomic E-state index is 11.3. The molecule has 3 aromatic rings. The zero-order valence-electron chi connectivity index (χ0n) is 13.3. The van der Waals surface area contributed by atoms with Crippen molar-refractivity contribution in [2.75, 3.05) is 0 Å². The largest absolute Gasteiger partial charge is 0.488 e. The quantitative estimate of drug-likeness (QED) is 0.525. The Morgan fingerprint density at radius 2 is 1.91 bits per heavy atom. The van der Waals surface area contributed by atoms with Crippen LogP contribution in [0.4, 0.5) is 0 Å². The van der Waals surface area contributed by atoms with Crippen molar-refractivity contribution in [3.05, 3.63) is 60.3 Å². The number of carbonyl (C=O) groups is 1. The van der Waals surface area contributed by atoms with Crippen molar-refractivity contribution >= 4 is 16.9 Å². The third-order valence-electron chi connectivity index (χ3n) is 3.66. The van der Waals surface area contributed by atoms with Gasteiger partial charge in [0.25, 0.3) is 0 Å². The zero-order valence-corrected chi connectivity index (χ0v) is 13.3. The summed E-state index contributed by atoms with van der Waals surface area (Å²) in [4.78, 5) is 11.3. The number of esters is 1. The monoisotopic (exact) mass is 309 g/mol. The molecule has 118 valence electrons. The fourth-order valence-corrected chi connectivity index (χ4v) is 2.59. The number of benzene rings is 2. The third-order valence-corrected chi connectivity index (χ3v) is 3.66. The molecule has 4 nitrogen and oxygen atoms in total. The van der Waals surface area contributed by atoms with E-state index < -0.39 is 0 Å². The molecule has 0 aliphatic rings. The van der Waals surface area contributed by atoms with Crippen molar-refractivity contribution in [1.82, 2.24) is 4.57 Å². The lowest BCUT2D eigenvalue weighted by atomic mass is 10.2. The highest BCUT2D eigenvalue weighted by Gasteiger charge is 2.11. The van der Waals surface area contributed by atoms with E-state index >= 15 is 0 Å². The van der Waals surface area contributed by atoms with Crippen LogP contribution < -0.4 is 9.47 Å². The van der Waals surface area contributed by atoms with E-state index in [1.807, 2.05) is 48.7 Å². The summed E-state index contributed by atoms with van der Waals surface area (Å²) < 4.78 is 13.3. The summed E-state index contributed by atoms with van der Waals surface area (Å²) in [5.74, 6) is 0.879. The first-order valence-corrected chi connectivity index (χ1v) is 7.65. The van der Waals surface area contributed by atoms with E-state index in [-0.39, 0.29) is 5.97 Å². The van der Waals surface area contributed by atoms with Gasteiger partial charge in [-0.25, -0.2) is 0 Å². The minimum Gasteiger partial charge on any atom is -0.488 e. The van der Waals surface area contributed by atoms with Crippen LogP contribution in [0.5, 0.6) is 11.5 Å². The summed E-state index contributed by atoms with van der Waals surface area (Å²) in [5, 5.41) is 1.01. The molecule has 0 amide bonds. The standard InChI is InChI=1S/C19H19NO3/c1-3-20-10-9-17-18(20)11-16(23-14(2)21)12-19(17)22-13-15-7-5-4-6-8-15/h4-12H,3,13H2,1-2H3. The number of carbonyl (C=O) groups excluding carboxylic acids is 1. The normalized spacial score (nSPS) is 10.7.